The summed E-state index contributed by atoms with van der Waals surface area (Å²) in [7, 11) is 0. The van der Waals surface area contributed by atoms with Crippen LogP contribution >= 0.6 is 11.6 Å². The first-order valence-corrected chi connectivity index (χ1v) is 9.11. The van der Waals surface area contributed by atoms with Crippen molar-refractivity contribution < 1.29 is 13.7 Å². The molecule has 0 bridgehead atoms. The highest BCUT2D eigenvalue weighted by atomic mass is 35.5. The Bertz CT molecular complexity index is 1000. The highest BCUT2D eigenvalue weighted by molar-refractivity contribution is 6.30. The number of anilines is 1. The van der Waals surface area contributed by atoms with Crippen molar-refractivity contribution in [1.82, 2.24) is 10.1 Å². The molecule has 27 heavy (non-hydrogen) atoms. The highest BCUT2D eigenvalue weighted by Gasteiger charge is 2.35. The van der Waals surface area contributed by atoms with Gasteiger partial charge in [-0.2, -0.15) is 4.98 Å². The van der Waals surface area contributed by atoms with Gasteiger partial charge in [0.25, 0.3) is 0 Å². The number of hydrogen-bond acceptors (Lipinski definition) is 4. The van der Waals surface area contributed by atoms with E-state index in [2.05, 4.69) is 17.1 Å². The number of rotatable bonds is 4. The van der Waals surface area contributed by atoms with Crippen LogP contribution in [-0.2, 0) is 11.2 Å². The van der Waals surface area contributed by atoms with Gasteiger partial charge in [0.2, 0.25) is 17.6 Å². The molecule has 2 heterocycles. The molecule has 3 aromatic rings. The van der Waals surface area contributed by atoms with E-state index in [0.29, 0.717) is 24.4 Å². The van der Waals surface area contributed by atoms with Gasteiger partial charge in [0.1, 0.15) is 5.82 Å². The van der Waals surface area contributed by atoms with Crippen molar-refractivity contribution >= 4 is 23.2 Å². The molecule has 0 N–H and O–H groups in total. The van der Waals surface area contributed by atoms with Crippen LogP contribution in [0.2, 0.25) is 5.02 Å². The number of amides is 1. The van der Waals surface area contributed by atoms with Crippen LogP contribution < -0.4 is 4.90 Å². The highest BCUT2D eigenvalue weighted by Crippen LogP contribution is 2.32. The fraction of sp³-hybridized carbons (Fsp3) is 0.250. The van der Waals surface area contributed by atoms with Crippen molar-refractivity contribution in [3.8, 4) is 11.4 Å². The number of carbonyl (C=O) groups is 1. The second-order valence-electron chi connectivity index (χ2n) is 6.51. The minimum atomic E-state index is -0.543. The van der Waals surface area contributed by atoms with Crippen molar-refractivity contribution in [3.63, 3.8) is 0 Å². The summed E-state index contributed by atoms with van der Waals surface area (Å²) >= 11 is 5.71. The van der Waals surface area contributed by atoms with Gasteiger partial charge in [-0.05, 0) is 42.3 Å². The average molecular weight is 386 g/mol. The summed E-state index contributed by atoms with van der Waals surface area (Å²) in [4.78, 5) is 18.6. The van der Waals surface area contributed by atoms with E-state index in [-0.39, 0.29) is 22.7 Å². The van der Waals surface area contributed by atoms with Crippen LogP contribution in [0.15, 0.2) is 47.0 Å². The SMILES string of the molecule is CCc1cccc(N2CC(c3nc(-c4ccc(Cl)c(F)c4)no3)CC2=O)c1. The molecule has 0 radical (unpaired) electrons. The topological polar surface area (TPSA) is 59.2 Å². The van der Waals surface area contributed by atoms with E-state index in [1.807, 2.05) is 24.3 Å². The maximum Gasteiger partial charge on any atom is 0.232 e. The molecule has 1 fully saturated rings. The van der Waals surface area contributed by atoms with E-state index in [1.54, 1.807) is 11.0 Å². The van der Waals surface area contributed by atoms with Crippen molar-refractivity contribution in [2.75, 3.05) is 11.4 Å². The molecule has 1 aliphatic rings. The van der Waals surface area contributed by atoms with E-state index in [9.17, 15) is 9.18 Å². The van der Waals surface area contributed by atoms with Crippen LogP contribution in [0.3, 0.4) is 0 Å². The third-order valence-electron chi connectivity index (χ3n) is 4.72. The maximum absolute atomic E-state index is 13.7. The van der Waals surface area contributed by atoms with Crippen LogP contribution in [0.4, 0.5) is 10.1 Å². The van der Waals surface area contributed by atoms with Gasteiger partial charge >= 0.3 is 0 Å². The molecular weight excluding hydrogens is 369 g/mol. The van der Waals surface area contributed by atoms with Crippen molar-refractivity contribution in [3.05, 3.63) is 64.8 Å². The van der Waals surface area contributed by atoms with Crippen LogP contribution in [0.5, 0.6) is 0 Å². The Kier molecular flexibility index (Phi) is 4.66. The molecule has 1 aromatic heterocycles. The average Bonchev–Trinajstić information content (AvgIpc) is 3.31. The third-order valence-corrected chi connectivity index (χ3v) is 5.03. The fourth-order valence-electron chi connectivity index (χ4n) is 3.22. The quantitative estimate of drug-likeness (QED) is 0.658. The second kappa shape index (κ2) is 7.12. The van der Waals surface area contributed by atoms with Crippen LogP contribution in [0.25, 0.3) is 11.4 Å². The summed E-state index contributed by atoms with van der Waals surface area (Å²) < 4.78 is 19.0. The number of aryl methyl sites for hydroxylation is 1. The predicted octanol–water partition coefficient (Wildman–Crippen LogP) is 4.61. The maximum atomic E-state index is 13.7. The zero-order chi connectivity index (χ0) is 19.0. The minimum Gasteiger partial charge on any atom is -0.339 e. The minimum absolute atomic E-state index is 0.0190. The fourth-order valence-corrected chi connectivity index (χ4v) is 3.34. The number of carbonyl (C=O) groups excluding carboxylic acids is 1. The molecule has 0 spiro atoms. The lowest BCUT2D eigenvalue weighted by molar-refractivity contribution is -0.117. The molecule has 1 amide bonds. The zero-order valence-corrected chi connectivity index (χ0v) is 15.4. The summed E-state index contributed by atoms with van der Waals surface area (Å²) in [5.74, 6) is -0.0624. The van der Waals surface area contributed by atoms with Gasteiger partial charge in [0.05, 0.1) is 10.9 Å². The third kappa shape index (κ3) is 3.45. The van der Waals surface area contributed by atoms with Gasteiger partial charge in [0, 0.05) is 24.2 Å². The van der Waals surface area contributed by atoms with Gasteiger partial charge in [-0.1, -0.05) is 35.8 Å². The van der Waals surface area contributed by atoms with Crippen molar-refractivity contribution in [2.45, 2.75) is 25.7 Å². The van der Waals surface area contributed by atoms with Gasteiger partial charge < -0.3 is 9.42 Å². The molecular formula is C20H17ClFN3O2. The molecule has 5 nitrogen and oxygen atoms in total. The van der Waals surface area contributed by atoms with Crippen molar-refractivity contribution in [2.24, 2.45) is 0 Å². The number of aromatic nitrogens is 2. The predicted molar refractivity (Wildman–Crippen MR) is 100 cm³/mol. The molecule has 4 rings (SSSR count). The van der Waals surface area contributed by atoms with E-state index in [1.165, 1.54) is 17.7 Å². The van der Waals surface area contributed by atoms with Crippen molar-refractivity contribution in [1.29, 1.82) is 0 Å². The molecule has 1 saturated heterocycles. The Hall–Kier alpha value is -2.73. The molecule has 0 aliphatic carbocycles. The normalized spacial score (nSPS) is 16.9. The van der Waals surface area contributed by atoms with Gasteiger partial charge in [-0.25, -0.2) is 4.39 Å². The van der Waals surface area contributed by atoms with Gasteiger partial charge in [-0.3, -0.25) is 4.79 Å². The van der Waals surface area contributed by atoms with Crippen LogP contribution in [-0.4, -0.2) is 22.6 Å². The first kappa shape index (κ1) is 17.7. The molecule has 1 aliphatic heterocycles. The molecule has 0 saturated carbocycles. The van der Waals surface area contributed by atoms with Gasteiger partial charge in [-0.15, -0.1) is 0 Å². The summed E-state index contributed by atoms with van der Waals surface area (Å²) in [5.41, 5.74) is 2.53. The Morgan fingerprint density at radius 2 is 2.15 bits per heavy atom. The van der Waals surface area contributed by atoms with E-state index in [0.717, 1.165) is 12.1 Å². The molecule has 7 heteroatoms. The number of halogens is 2. The largest absolute Gasteiger partial charge is 0.339 e. The first-order chi connectivity index (χ1) is 13.0. The van der Waals surface area contributed by atoms with E-state index in [4.69, 9.17) is 16.1 Å². The number of benzene rings is 2. The monoisotopic (exact) mass is 385 g/mol. The van der Waals surface area contributed by atoms with Crippen LogP contribution in [0.1, 0.15) is 30.7 Å². The summed E-state index contributed by atoms with van der Waals surface area (Å²) in [5, 5.41) is 3.96. The lowest BCUT2D eigenvalue weighted by Gasteiger charge is -2.16. The van der Waals surface area contributed by atoms with E-state index >= 15 is 0 Å². The lowest BCUT2D eigenvalue weighted by atomic mass is 10.1. The Morgan fingerprint density at radius 1 is 1.30 bits per heavy atom. The molecule has 2 aromatic carbocycles. The Balaban J connectivity index is 1.55. The lowest BCUT2D eigenvalue weighted by Crippen LogP contribution is -2.24. The van der Waals surface area contributed by atoms with Gasteiger partial charge in [0.15, 0.2) is 0 Å². The first-order valence-electron chi connectivity index (χ1n) is 8.73. The second-order valence-corrected chi connectivity index (χ2v) is 6.92. The summed E-state index contributed by atoms with van der Waals surface area (Å²) in [6.45, 7) is 2.55. The Morgan fingerprint density at radius 3 is 2.93 bits per heavy atom. The smallest absolute Gasteiger partial charge is 0.232 e. The standard InChI is InChI=1S/C20H17ClFN3O2/c1-2-12-4-3-5-15(8-12)25-11-14(10-18(25)26)20-23-19(24-27-20)13-6-7-16(21)17(22)9-13/h3-9,14H,2,10-11H2,1H3. The zero-order valence-electron chi connectivity index (χ0n) is 14.7. The molecule has 1 atom stereocenters. The summed E-state index contributed by atoms with van der Waals surface area (Å²) in [6.07, 6.45) is 1.21. The molecule has 138 valence electrons. The summed E-state index contributed by atoms with van der Waals surface area (Å²) in [6, 6.07) is 12.3. The van der Waals surface area contributed by atoms with E-state index < -0.39 is 5.82 Å². The number of hydrogen-bond donors (Lipinski definition) is 0. The molecule has 1 unspecified atom stereocenters. The Labute approximate surface area is 160 Å². The number of nitrogens with zero attached hydrogens (tertiary/aromatic N) is 3. The van der Waals surface area contributed by atoms with Crippen LogP contribution in [0, 0.1) is 5.82 Å².